The number of aromatic amines is 1. The SMILES string of the molecule is NC(=O)CCCCC[C@H](NC(=O)c1cncs1)c1ncc(-c2cccc3ccoc23)[nH]1. The van der Waals surface area contributed by atoms with Crippen molar-refractivity contribution in [2.24, 2.45) is 5.73 Å². The molecule has 4 N–H and O–H groups in total. The molecule has 8 nitrogen and oxygen atoms in total. The van der Waals surface area contributed by atoms with Crippen LogP contribution in [-0.4, -0.2) is 26.8 Å². The number of nitrogens with two attached hydrogens (primary N) is 1. The lowest BCUT2D eigenvalue weighted by Crippen LogP contribution is -2.28. The molecule has 1 atom stereocenters. The quantitative estimate of drug-likeness (QED) is 0.321. The Balaban J connectivity index is 1.52. The fourth-order valence-electron chi connectivity index (χ4n) is 3.51. The van der Waals surface area contributed by atoms with Crippen LogP contribution < -0.4 is 11.1 Å². The highest BCUT2D eigenvalue weighted by Gasteiger charge is 2.20. The molecule has 0 saturated heterocycles. The summed E-state index contributed by atoms with van der Waals surface area (Å²) in [5.41, 5.74) is 9.36. The first-order valence-electron chi connectivity index (χ1n) is 10.1. The van der Waals surface area contributed by atoms with Gasteiger partial charge in [-0.05, 0) is 25.0 Å². The molecule has 0 saturated carbocycles. The van der Waals surface area contributed by atoms with E-state index in [9.17, 15) is 9.59 Å². The van der Waals surface area contributed by atoms with Crippen molar-refractivity contribution >= 4 is 34.1 Å². The second-order valence-corrected chi connectivity index (χ2v) is 8.17. The predicted octanol–water partition coefficient (Wildman–Crippen LogP) is 4.19. The maximum absolute atomic E-state index is 12.6. The first-order chi connectivity index (χ1) is 15.1. The number of para-hydroxylation sites is 1. The fraction of sp³-hybridized carbons (Fsp3) is 0.273. The molecule has 1 aromatic carbocycles. The maximum atomic E-state index is 12.6. The van der Waals surface area contributed by atoms with Crippen LogP contribution in [0.15, 0.2) is 52.9 Å². The lowest BCUT2D eigenvalue weighted by molar-refractivity contribution is -0.118. The molecule has 2 amide bonds. The Hall–Kier alpha value is -3.46. The molecule has 31 heavy (non-hydrogen) atoms. The molecule has 9 heteroatoms. The standard InChI is InChI=1S/C22H23N5O3S/c23-19(28)8-3-1-2-7-16(27-22(29)18-12-24-13-31-18)21-25-11-17(26-21)15-6-4-5-14-9-10-30-20(14)15/h4-6,9-13,16H,1-3,7-8H2,(H2,23,28)(H,25,26)(H,27,29)/t16-/m0/s1. The number of imidazole rings is 1. The summed E-state index contributed by atoms with van der Waals surface area (Å²) in [6.07, 6.45) is 8.42. The number of amides is 2. The number of hydrogen-bond acceptors (Lipinski definition) is 6. The number of furan rings is 1. The second-order valence-electron chi connectivity index (χ2n) is 7.28. The summed E-state index contributed by atoms with van der Waals surface area (Å²) >= 11 is 1.29. The lowest BCUT2D eigenvalue weighted by Gasteiger charge is -2.16. The van der Waals surface area contributed by atoms with E-state index in [1.807, 2.05) is 24.3 Å². The van der Waals surface area contributed by atoms with Gasteiger partial charge in [0.25, 0.3) is 5.91 Å². The van der Waals surface area contributed by atoms with Crippen LogP contribution >= 0.6 is 11.3 Å². The van der Waals surface area contributed by atoms with Gasteiger partial charge in [0.2, 0.25) is 5.91 Å². The predicted molar refractivity (Wildman–Crippen MR) is 118 cm³/mol. The van der Waals surface area contributed by atoms with Crippen LogP contribution in [-0.2, 0) is 4.79 Å². The number of H-pyrrole nitrogens is 1. The molecule has 160 valence electrons. The smallest absolute Gasteiger partial charge is 0.263 e. The van der Waals surface area contributed by atoms with Crippen LogP contribution in [0.25, 0.3) is 22.2 Å². The van der Waals surface area contributed by atoms with Gasteiger partial charge in [0.15, 0.2) is 0 Å². The number of nitrogens with one attached hydrogen (secondary N) is 2. The lowest BCUT2D eigenvalue weighted by atomic mass is 10.1. The molecule has 0 spiro atoms. The largest absolute Gasteiger partial charge is 0.464 e. The van der Waals surface area contributed by atoms with Gasteiger partial charge in [-0.15, -0.1) is 11.3 Å². The average Bonchev–Trinajstić information content (AvgIpc) is 3.53. The number of aromatic nitrogens is 3. The molecule has 0 bridgehead atoms. The molecule has 0 aliphatic heterocycles. The Labute approximate surface area is 182 Å². The van der Waals surface area contributed by atoms with Gasteiger partial charge >= 0.3 is 0 Å². The molecule has 4 rings (SSSR count). The van der Waals surface area contributed by atoms with E-state index in [2.05, 4.69) is 20.3 Å². The van der Waals surface area contributed by atoms with Crippen molar-refractivity contribution < 1.29 is 14.0 Å². The highest BCUT2D eigenvalue weighted by Crippen LogP contribution is 2.29. The first-order valence-corrected chi connectivity index (χ1v) is 11.0. The summed E-state index contributed by atoms with van der Waals surface area (Å²) in [7, 11) is 0. The molecular weight excluding hydrogens is 414 g/mol. The third kappa shape index (κ3) is 5.00. The minimum atomic E-state index is -0.298. The normalized spacial score (nSPS) is 12.1. The molecule has 3 aromatic heterocycles. The van der Waals surface area contributed by atoms with Crippen molar-refractivity contribution in [1.82, 2.24) is 20.3 Å². The van der Waals surface area contributed by atoms with E-state index in [0.717, 1.165) is 41.5 Å². The Kier molecular flexibility index (Phi) is 6.42. The second kappa shape index (κ2) is 9.57. The van der Waals surface area contributed by atoms with Crippen LogP contribution in [0.3, 0.4) is 0 Å². The topological polar surface area (TPSA) is 127 Å². The van der Waals surface area contributed by atoms with Crippen molar-refractivity contribution in [3.63, 3.8) is 0 Å². The number of carbonyl (C=O) groups excluding carboxylic acids is 2. The number of nitrogens with zero attached hydrogens (tertiary/aromatic N) is 2. The fourth-order valence-corrected chi connectivity index (χ4v) is 4.04. The number of hydrogen-bond donors (Lipinski definition) is 3. The molecule has 3 heterocycles. The number of fused-ring (bicyclic) bond motifs is 1. The van der Waals surface area contributed by atoms with Crippen LogP contribution in [0.4, 0.5) is 0 Å². The van der Waals surface area contributed by atoms with Crippen LogP contribution in [0.1, 0.15) is 53.6 Å². The third-order valence-corrected chi connectivity index (χ3v) is 5.84. The average molecular weight is 438 g/mol. The zero-order valence-electron chi connectivity index (χ0n) is 16.8. The maximum Gasteiger partial charge on any atom is 0.263 e. The summed E-state index contributed by atoms with van der Waals surface area (Å²) in [5, 5.41) is 4.07. The highest BCUT2D eigenvalue weighted by atomic mass is 32.1. The summed E-state index contributed by atoms with van der Waals surface area (Å²) in [6, 6.07) is 7.55. The van der Waals surface area contributed by atoms with Crippen molar-refractivity contribution in [3.8, 4) is 11.3 Å². The highest BCUT2D eigenvalue weighted by molar-refractivity contribution is 7.11. The zero-order valence-corrected chi connectivity index (χ0v) is 17.7. The van der Waals surface area contributed by atoms with E-state index < -0.39 is 0 Å². The van der Waals surface area contributed by atoms with Crippen molar-refractivity contribution in [3.05, 3.63) is 59.1 Å². The van der Waals surface area contributed by atoms with Gasteiger partial charge in [-0.1, -0.05) is 25.0 Å². The minimum absolute atomic E-state index is 0.185. The van der Waals surface area contributed by atoms with Crippen molar-refractivity contribution in [1.29, 1.82) is 0 Å². The van der Waals surface area contributed by atoms with Crippen molar-refractivity contribution in [2.75, 3.05) is 0 Å². The van der Waals surface area contributed by atoms with Crippen molar-refractivity contribution in [2.45, 2.75) is 38.1 Å². The van der Waals surface area contributed by atoms with Gasteiger partial charge in [-0.25, -0.2) is 4.98 Å². The van der Waals surface area contributed by atoms with Gasteiger partial charge in [0.1, 0.15) is 16.3 Å². The van der Waals surface area contributed by atoms with E-state index in [0.29, 0.717) is 23.5 Å². The molecule has 0 radical (unpaired) electrons. The monoisotopic (exact) mass is 437 g/mol. The summed E-state index contributed by atoms with van der Waals surface area (Å²) < 4.78 is 5.64. The van der Waals surface area contributed by atoms with Gasteiger partial charge in [0.05, 0.1) is 35.9 Å². The van der Waals surface area contributed by atoms with Crippen LogP contribution in [0, 0.1) is 0 Å². The van der Waals surface area contributed by atoms with Gasteiger partial charge in [-0.2, -0.15) is 0 Å². The molecule has 0 aliphatic carbocycles. The van der Waals surface area contributed by atoms with Gasteiger partial charge < -0.3 is 20.5 Å². The Bertz CT molecular complexity index is 1160. The van der Waals surface area contributed by atoms with E-state index in [4.69, 9.17) is 10.2 Å². The van der Waals surface area contributed by atoms with E-state index in [1.54, 1.807) is 24.2 Å². The minimum Gasteiger partial charge on any atom is -0.464 e. The Morgan fingerprint density at radius 1 is 1.19 bits per heavy atom. The van der Waals surface area contributed by atoms with Gasteiger partial charge in [0, 0.05) is 17.4 Å². The van der Waals surface area contributed by atoms with E-state index >= 15 is 0 Å². The Morgan fingerprint density at radius 2 is 2.10 bits per heavy atom. The van der Waals surface area contributed by atoms with Gasteiger partial charge in [-0.3, -0.25) is 14.6 Å². The number of primary amides is 1. The number of unbranched alkanes of at least 4 members (excludes halogenated alkanes) is 2. The summed E-state index contributed by atoms with van der Waals surface area (Å²) in [4.78, 5) is 36.0. The number of thiazole rings is 1. The van der Waals surface area contributed by atoms with E-state index in [1.165, 1.54) is 11.3 Å². The number of carbonyl (C=O) groups is 2. The molecule has 0 unspecified atom stereocenters. The number of rotatable bonds is 10. The van der Waals surface area contributed by atoms with E-state index in [-0.39, 0.29) is 17.9 Å². The summed E-state index contributed by atoms with van der Waals surface area (Å²) in [6.45, 7) is 0. The zero-order chi connectivity index (χ0) is 21.6. The Morgan fingerprint density at radius 3 is 2.90 bits per heavy atom. The molecule has 0 aliphatic rings. The first kappa shape index (κ1) is 20.8. The van der Waals surface area contributed by atoms with Crippen LogP contribution in [0.5, 0.6) is 0 Å². The molecule has 4 aromatic rings. The molecule has 0 fully saturated rings. The number of benzene rings is 1. The molecular formula is C22H23N5O3S. The van der Waals surface area contributed by atoms with Crippen LogP contribution in [0.2, 0.25) is 0 Å². The summed E-state index contributed by atoms with van der Waals surface area (Å²) in [5.74, 6) is 0.194. The third-order valence-electron chi connectivity index (χ3n) is 5.07.